The first-order chi connectivity index (χ1) is 11.4. The van der Waals surface area contributed by atoms with Crippen LogP contribution in [0.5, 0.6) is 0 Å². The minimum absolute atomic E-state index is 0.184. The molecule has 0 aliphatic rings. The zero-order valence-electron chi connectivity index (χ0n) is 13.6. The number of nitrogens with one attached hydrogen (secondary N) is 2. The lowest BCUT2D eigenvalue weighted by atomic mass is 10.0. The Balaban J connectivity index is 1.94. The summed E-state index contributed by atoms with van der Waals surface area (Å²) in [7, 11) is 1.74. The van der Waals surface area contributed by atoms with Crippen molar-refractivity contribution >= 4 is 28.5 Å². The van der Waals surface area contributed by atoms with Crippen molar-refractivity contribution in [2.45, 2.75) is 20.4 Å². The van der Waals surface area contributed by atoms with Crippen LogP contribution in [0.4, 0.5) is 0 Å². The Bertz CT molecular complexity index is 1000. The lowest BCUT2D eigenvalue weighted by Gasteiger charge is -2.12. The normalized spacial score (nSPS) is 11.0. The van der Waals surface area contributed by atoms with Gasteiger partial charge >= 0.3 is 0 Å². The van der Waals surface area contributed by atoms with Crippen molar-refractivity contribution in [2.24, 2.45) is 7.05 Å². The molecule has 0 aliphatic carbocycles. The standard InChI is InChI=1S/C17H17ClN4O2/c1-9-12(8-19-16(23)11-6-4-5-7-13(11)18)10(2)20-15-14(9)17(24)21-22(15)3/h4-7H,8H2,1-3H3,(H,19,23)(H,21,24). The number of halogens is 1. The van der Waals surface area contributed by atoms with E-state index in [4.69, 9.17) is 11.6 Å². The average molecular weight is 345 g/mol. The molecule has 0 aliphatic heterocycles. The lowest BCUT2D eigenvalue weighted by molar-refractivity contribution is 0.0951. The number of aromatic nitrogens is 3. The van der Waals surface area contributed by atoms with E-state index in [0.29, 0.717) is 21.6 Å². The number of pyridine rings is 1. The van der Waals surface area contributed by atoms with Crippen LogP contribution < -0.4 is 10.9 Å². The third-order valence-electron chi connectivity index (χ3n) is 4.12. The fourth-order valence-corrected chi connectivity index (χ4v) is 3.04. The average Bonchev–Trinajstić information content (AvgIpc) is 2.81. The van der Waals surface area contributed by atoms with Gasteiger partial charge in [0, 0.05) is 19.3 Å². The number of carbonyl (C=O) groups is 1. The van der Waals surface area contributed by atoms with Gasteiger partial charge in [-0.15, -0.1) is 0 Å². The summed E-state index contributed by atoms with van der Waals surface area (Å²) in [6.07, 6.45) is 0. The van der Waals surface area contributed by atoms with Crippen LogP contribution in [-0.2, 0) is 13.6 Å². The summed E-state index contributed by atoms with van der Waals surface area (Å²) in [5.41, 5.74) is 3.26. The van der Waals surface area contributed by atoms with Gasteiger partial charge < -0.3 is 5.32 Å². The summed E-state index contributed by atoms with van der Waals surface area (Å²) in [4.78, 5) is 28.9. The summed E-state index contributed by atoms with van der Waals surface area (Å²) >= 11 is 6.04. The Kier molecular flexibility index (Phi) is 4.15. The van der Waals surface area contributed by atoms with Gasteiger partial charge in [-0.05, 0) is 37.1 Å². The third-order valence-corrected chi connectivity index (χ3v) is 4.45. The van der Waals surface area contributed by atoms with Crippen LogP contribution in [0.2, 0.25) is 5.02 Å². The number of benzene rings is 1. The second-order valence-corrected chi connectivity index (χ2v) is 6.07. The summed E-state index contributed by atoms with van der Waals surface area (Å²) in [5, 5.41) is 6.49. The first kappa shape index (κ1) is 16.3. The van der Waals surface area contributed by atoms with Crippen LogP contribution in [0.25, 0.3) is 11.0 Å². The van der Waals surface area contributed by atoms with Crippen LogP contribution in [0.3, 0.4) is 0 Å². The molecule has 7 heteroatoms. The van der Waals surface area contributed by atoms with Crippen molar-refractivity contribution in [1.29, 1.82) is 0 Å². The maximum absolute atomic E-state index is 12.3. The Morgan fingerprint density at radius 1 is 1.33 bits per heavy atom. The number of hydrogen-bond acceptors (Lipinski definition) is 3. The van der Waals surface area contributed by atoms with E-state index in [1.807, 2.05) is 13.8 Å². The van der Waals surface area contributed by atoms with E-state index in [-0.39, 0.29) is 18.0 Å². The third kappa shape index (κ3) is 2.69. The topological polar surface area (TPSA) is 79.8 Å². The second kappa shape index (κ2) is 6.13. The number of amides is 1. The molecule has 0 radical (unpaired) electrons. The monoisotopic (exact) mass is 344 g/mol. The molecule has 0 bridgehead atoms. The van der Waals surface area contributed by atoms with Crippen molar-refractivity contribution in [2.75, 3.05) is 0 Å². The van der Waals surface area contributed by atoms with Crippen LogP contribution in [0.15, 0.2) is 29.1 Å². The molecule has 24 heavy (non-hydrogen) atoms. The highest BCUT2D eigenvalue weighted by Gasteiger charge is 2.16. The second-order valence-electron chi connectivity index (χ2n) is 5.66. The minimum Gasteiger partial charge on any atom is -0.348 e. The number of hydrogen-bond donors (Lipinski definition) is 2. The van der Waals surface area contributed by atoms with E-state index in [1.165, 1.54) is 0 Å². The van der Waals surface area contributed by atoms with Crippen LogP contribution >= 0.6 is 11.6 Å². The van der Waals surface area contributed by atoms with Crippen LogP contribution in [0.1, 0.15) is 27.2 Å². The van der Waals surface area contributed by atoms with Gasteiger partial charge in [-0.1, -0.05) is 23.7 Å². The van der Waals surface area contributed by atoms with Gasteiger partial charge in [-0.25, -0.2) is 4.98 Å². The first-order valence-electron chi connectivity index (χ1n) is 7.47. The Hall–Kier alpha value is -2.60. The summed E-state index contributed by atoms with van der Waals surface area (Å²) in [6.45, 7) is 4.00. The lowest BCUT2D eigenvalue weighted by Crippen LogP contribution is -2.24. The predicted octanol–water partition coefficient (Wildman–Crippen LogP) is 2.46. The number of H-pyrrole nitrogens is 1. The molecule has 0 saturated carbocycles. The molecule has 2 heterocycles. The minimum atomic E-state index is -0.263. The van der Waals surface area contributed by atoms with Crippen LogP contribution in [-0.4, -0.2) is 20.7 Å². The fourth-order valence-electron chi connectivity index (χ4n) is 2.82. The molecule has 0 fully saturated rings. The van der Waals surface area contributed by atoms with Gasteiger partial charge in [0.15, 0.2) is 5.65 Å². The Morgan fingerprint density at radius 3 is 2.75 bits per heavy atom. The maximum Gasteiger partial charge on any atom is 0.273 e. The molecule has 0 atom stereocenters. The van der Waals surface area contributed by atoms with Crippen molar-refractivity contribution in [3.05, 3.63) is 62.0 Å². The number of fused-ring (bicyclic) bond motifs is 1. The number of nitrogens with zero attached hydrogens (tertiary/aromatic N) is 2. The molecule has 1 aromatic carbocycles. The van der Waals surface area contributed by atoms with Crippen molar-refractivity contribution < 1.29 is 4.79 Å². The van der Waals surface area contributed by atoms with Crippen molar-refractivity contribution in [1.82, 2.24) is 20.1 Å². The van der Waals surface area contributed by atoms with E-state index in [1.54, 1.807) is 36.0 Å². The van der Waals surface area contributed by atoms with E-state index in [2.05, 4.69) is 15.4 Å². The highest BCUT2D eigenvalue weighted by atomic mass is 35.5. The summed E-state index contributed by atoms with van der Waals surface area (Å²) in [5.74, 6) is -0.263. The molecule has 2 N–H and O–H groups in total. The van der Waals surface area contributed by atoms with E-state index in [9.17, 15) is 9.59 Å². The number of rotatable bonds is 3. The smallest absolute Gasteiger partial charge is 0.273 e. The molecular weight excluding hydrogens is 328 g/mol. The largest absolute Gasteiger partial charge is 0.348 e. The van der Waals surface area contributed by atoms with Gasteiger partial charge in [0.2, 0.25) is 0 Å². The molecule has 3 rings (SSSR count). The van der Waals surface area contributed by atoms with Crippen molar-refractivity contribution in [3.8, 4) is 0 Å². The maximum atomic E-state index is 12.3. The number of aromatic amines is 1. The summed E-state index contributed by atoms with van der Waals surface area (Å²) in [6, 6.07) is 6.87. The Morgan fingerprint density at radius 2 is 2.04 bits per heavy atom. The molecule has 124 valence electrons. The molecular formula is C17H17ClN4O2. The zero-order chi connectivity index (χ0) is 17.4. The van der Waals surface area contributed by atoms with Gasteiger partial charge in [-0.2, -0.15) is 0 Å². The summed E-state index contributed by atoms with van der Waals surface area (Å²) < 4.78 is 1.60. The van der Waals surface area contributed by atoms with Gasteiger partial charge in [0.05, 0.1) is 16.0 Å². The molecule has 0 spiro atoms. The first-order valence-corrected chi connectivity index (χ1v) is 7.85. The number of carbonyl (C=O) groups excluding carboxylic acids is 1. The van der Waals surface area contributed by atoms with E-state index in [0.717, 1.165) is 16.8 Å². The number of aryl methyl sites for hydroxylation is 3. The van der Waals surface area contributed by atoms with Crippen LogP contribution in [0, 0.1) is 13.8 Å². The molecule has 3 aromatic rings. The molecule has 2 aromatic heterocycles. The fraction of sp³-hybridized carbons (Fsp3) is 0.235. The van der Waals surface area contributed by atoms with Gasteiger partial charge in [0.1, 0.15) is 0 Å². The van der Waals surface area contributed by atoms with E-state index < -0.39 is 0 Å². The van der Waals surface area contributed by atoms with Crippen molar-refractivity contribution in [3.63, 3.8) is 0 Å². The molecule has 0 saturated heterocycles. The highest BCUT2D eigenvalue weighted by Crippen LogP contribution is 2.20. The zero-order valence-corrected chi connectivity index (χ0v) is 14.4. The molecule has 0 unspecified atom stereocenters. The van der Waals surface area contributed by atoms with E-state index >= 15 is 0 Å². The SMILES string of the molecule is Cc1nc2c(c(C)c1CNC(=O)c1ccccc1Cl)c(=O)[nH]n2C. The molecule has 6 nitrogen and oxygen atoms in total. The molecule has 1 amide bonds. The quantitative estimate of drug-likeness (QED) is 0.766. The van der Waals surface area contributed by atoms with Gasteiger partial charge in [-0.3, -0.25) is 19.4 Å². The predicted molar refractivity (Wildman–Crippen MR) is 93.4 cm³/mol. The van der Waals surface area contributed by atoms with Gasteiger partial charge in [0.25, 0.3) is 11.5 Å². The Labute approximate surface area is 143 Å². The highest BCUT2D eigenvalue weighted by molar-refractivity contribution is 6.33.